The number of rotatable bonds is 5. The van der Waals surface area contributed by atoms with Gasteiger partial charge in [-0.15, -0.1) is 0 Å². The lowest BCUT2D eigenvalue weighted by Crippen LogP contribution is -2.43. The van der Waals surface area contributed by atoms with Gasteiger partial charge in [-0.1, -0.05) is 20.8 Å². The van der Waals surface area contributed by atoms with Gasteiger partial charge < -0.3 is 10.2 Å². The first-order valence-electron chi connectivity index (χ1n) is 8.62. The van der Waals surface area contributed by atoms with Crippen molar-refractivity contribution in [3.8, 4) is 0 Å². The predicted molar refractivity (Wildman–Crippen MR) is 98.1 cm³/mol. The van der Waals surface area contributed by atoms with Crippen molar-refractivity contribution in [1.82, 2.24) is 4.90 Å². The summed E-state index contributed by atoms with van der Waals surface area (Å²) >= 11 is 0. The smallest absolute Gasteiger partial charge is 0.238 e. The summed E-state index contributed by atoms with van der Waals surface area (Å²) in [5.41, 5.74) is 2.28. The predicted octanol–water partition coefficient (Wildman–Crippen LogP) is 3.59. The number of carbonyl (C=O) groups is 1. The van der Waals surface area contributed by atoms with Gasteiger partial charge >= 0.3 is 0 Å². The van der Waals surface area contributed by atoms with Gasteiger partial charge in [0.1, 0.15) is 0 Å². The van der Waals surface area contributed by atoms with Crippen LogP contribution in [0.4, 0.5) is 11.4 Å². The highest BCUT2D eigenvalue weighted by Crippen LogP contribution is 2.24. The largest absolute Gasteiger partial charge is 0.372 e. The molecule has 1 heterocycles. The molecule has 0 radical (unpaired) electrons. The molecule has 4 nitrogen and oxygen atoms in total. The van der Waals surface area contributed by atoms with E-state index in [0.717, 1.165) is 18.8 Å². The van der Waals surface area contributed by atoms with Crippen molar-refractivity contribution >= 4 is 17.3 Å². The third-order valence-corrected chi connectivity index (χ3v) is 4.93. The molecule has 2 rings (SSSR count). The van der Waals surface area contributed by atoms with E-state index in [0.29, 0.717) is 12.6 Å². The van der Waals surface area contributed by atoms with E-state index in [9.17, 15) is 4.79 Å². The maximum atomic E-state index is 12.2. The molecule has 0 aliphatic carbocycles. The normalized spacial score (nSPS) is 16.7. The molecule has 1 N–H and O–H groups in total. The van der Waals surface area contributed by atoms with Gasteiger partial charge in [-0.3, -0.25) is 9.69 Å². The highest BCUT2D eigenvalue weighted by atomic mass is 16.2. The lowest BCUT2D eigenvalue weighted by molar-refractivity contribution is -0.117. The molecule has 128 valence electrons. The Bertz CT molecular complexity index is 512. The van der Waals surface area contributed by atoms with Gasteiger partial charge in [0.15, 0.2) is 0 Å². The summed E-state index contributed by atoms with van der Waals surface area (Å²) in [5.74, 6) is 0.0394. The molecule has 1 unspecified atom stereocenters. The summed E-state index contributed by atoms with van der Waals surface area (Å²) < 4.78 is 0. The van der Waals surface area contributed by atoms with Crippen LogP contribution in [0.15, 0.2) is 24.3 Å². The Balaban J connectivity index is 1.87. The fourth-order valence-electron chi connectivity index (χ4n) is 2.96. The molecular formula is C19H31N3O. The average molecular weight is 317 g/mol. The molecule has 1 aliphatic heterocycles. The van der Waals surface area contributed by atoms with Crippen LogP contribution in [0.3, 0.4) is 0 Å². The number of likely N-dealkylation sites (N-methyl/N-ethyl adjacent to an activating group) is 1. The van der Waals surface area contributed by atoms with Gasteiger partial charge in [0, 0.05) is 30.5 Å². The van der Waals surface area contributed by atoms with Crippen LogP contribution in [0.5, 0.6) is 0 Å². The van der Waals surface area contributed by atoms with Crippen LogP contribution in [0, 0.1) is 5.41 Å². The van der Waals surface area contributed by atoms with Gasteiger partial charge in [-0.25, -0.2) is 0 Å². The number of carbonyl (C=O) groups excluding carboxylic acids is 1. The van der Waals surface area contributed by atoms with E-state index in [2.05, 4.69) is 54.9 Å². The Hall–Kier alpha value is -1.55. The molecule has 1 amide bonds. The van der Waals surface area contributed by atoms with Crippen LogP contribution in [-0.2, 0) is 4.79 Å². The topological polar surface area (TPSA) is 35.6 Å². The molecular weight excluding hydrogens is 286 g/mol. The number of hydrogen-bond donors (Lipinski definition) is 1. The van der Waals surface area contributed by atoms with Crippen molar-refractivity contribution in [2.75, 3.05) is 36.9 Å². The number of nitrogens with one attached hydrogen (secondary N) is 1. The lowest BCUT2D eigenvalue weighted by atomic mass is 9.87. The van der Waals surface area contributed by atoms with Crippen molar-refractivity contribution in [3.05, 3.63) is 24.3 Å². The second kappa shape index (κ2) is 7.35. The molecule has 1 aromatic carbocycles. The summed E-state index contributed by atoms with van der Waals surface area (Å²) in [6.45, 7) is 11.4. The van der Waals surface area contributed by atoms with Crippen molar-refractivity contribution in [2.45, 2.75) is 46.6 Å². The van der Waals surface area contributed by atoms with Gasteiger partial charge in [0.05, 0.1) is 6.54 Å². The Morgan fingerprint density at radius 3 is 2.30 bits per heavy atom. The summed E-state index contributed by atoms with van der Waals surface area (Å²) in [7, 11) is 2.01. The molecule has 23 heavy (non-hydrogen) atoms. The van der Waals surface area contributed by atoms with Crippen molar-refractivity contribution in [2.24, 2.45) is 5.41 Å². The van der Waals surface area contributed by atoms with E-state index in [1.165, 1.54) is 18.5 Å². The minimum atomic E-state index is 0.0394. The van der Waals surface area contributed by atoms with Gasteiger partial charge in [-0.2, -0.15) is 0 Å². The molecule has 1 aromatic rings. The highest BCUT2D eigenvalue weighted by molar-refractivity contribution is 5.92. The number of benzene rings is 1. The van der Waals surface area contributed by atoms with Crippen molar-refractivity contribution in [1.29, 1.82) is 0 Å². The third kappa shape index (κ3) is 4.96. The molecule has 1 saturated heterocycles. The Kier molecular flexibility index (Phi) is 5.69. The number of nitrogens with zero attached hydrogens (tertiary/aromatic N) is 2. The highest BCUT2D eigenvalue weighted by Gasteiger charge is 2.25. The van der Waals surface area contributed by atoms with Crippen LogP contribution in [-0.4, -0.2) is 43.5 Å². The first kappa shape index (κ1) is 17.8. The summed E-state index contributed by atoms with van der Waals surface area (Å²) in [4.78, 5) is 16.7. The number of hydrogen-bond acceptors (Lipinski definition) is 3. The second-order valence-corrected chi connectivity index (χ2v) is 7.75. The fraction of sp³-hybridized carbons (Fsp3) is 0.632. The van der Waals surface area contributed by atoms with E-state index < -0.39 is 0 Å². The molecule has 1 aliphatic rings. The summed E-state index contributed by atoms with van der Waals surface area (Å²) in [6, 6.07) is 8.54. The van der Waals surface area contributed by atoms with E-state index >= 15 is 0 Å². The Morgan fingerprint density at radius 2 is 1.78 bits per heavy atom. The first-order chi connectivity index (χ1) is 10.8. The molecule has 1 atom stereocenters. The van der Waals surface area contributed by atoms with Gasteiger partial charge in [0.2, 0.25) is 5.91 Å². The molecule has 1 fully saturated rings. The zero-order chi connectivity index (χ0) is 17.0. The van der Waals surface area contributed by atoms with Crippen LogP contribution >= 0.6 is 0 Å². The average Bonchev–Trinajstić information content (AvgIpc) is 3.00. The Labute approximate surface area is 140 Å². The van der Waals surface area contributed by atoms with E-state index in [1.54, 1.807) is 0 Å². The van der Waals surface area contributed by atoms with E-state index in [-0.39, 0.29) is 11.3 Å². The van der Waals surface area contributed by atoms with Gasteiger partial charge in [-0.05, 0) is 56.5 Å². The zero-order valence-corrected chi connectivity index (χ0v) is 15.2. The Morgan fingerprint density at radius 1 is 1.22 bits per heavy atom. The minimum absolute atomic E-state index is 0.0394. The van der Waals surface area contributed by atoms with Crippen LogP contribution in [0.2, 0.25) is 0 Å². The molecule has 0 bridgehead atoms. The lowest BCUT2D eigenvalue weighted by Gasteiger charge is -2.34. The minimum Gasteiger partial charge on any atom is -0.372 e. The maximum Gasteiger partial charge on any atom is 0.238 e. The van der Waals surface area contributed by atoms with E-state index in [4.69, 9.17) is 0 Å². The summed E-state index contributed by atoms with van der Waals surface area (Å²) in [5, 5.41) is 3.00. The molecule has 4 heteroatoms. The fourth-order valence-corrected chi connectivity index (χ4v) is 2.96. The maximum absolute atomic E-state index is 12.2. The number of anilines is 2. The standard InChI is InChI=1S/C19H31N3O/c1-15(19(2,3)4)21(5)14-18(23)20-16-8-10-17(11-9-16)22-12-6-7-13-22/h8-11,15H,6-7,12-14H2,1-5H3,(H,20,23). The van der Waals surface area contributed by atoms with Crippen LogP contribution in [0.25, 0.3) is 0 Å². The summed E-state index contributed by atoms with van der Waals surface area (Å²) in [6.07, 6.45) is 2.55. The molecule has 0 spiro atoms. The molecule has 0 aromatic heterocycles. The monoisotopic (exact) mass is 317 g/mol. The third-order valence-electron chi connectivity index (χ3n) is 4.93. The zero-order valence-electron chi connectivity index (χ0n) is 15.2. The van der Waals surface area contributed by atoms with Crippen LogP contribution < -0.4 is 10.2 Å². The second-order valence-electron chi connectivity index (χ2n) is 7.75. The first-order valence-corrected chi connectivity index (χ1v) is 8.62. The number of amides is 1. The van der Waals surface area contributed by atoms with Gasteiger partial charge in [0.25, 0.3) is 0 Å². The quantitative estimate of drug-likeness (QED) is 0.901. The van der Waals surface area contributed by atoms with E-state index in [1.807, 2.05) is 19.2 Å². The molecule has 0 saturated carbocycles. The SMILES string of the molecule is CC(N(C)CC(=O)Nc1ccc(N2CCCC2)cc1)C(C)(C)C. The van der Waals surface area contributed by atoms with Crippen molar-refractivity contribution in [3.63, 3.8) is 0 Å². The van der Waals surface area contributed by atoms with Crippen molar-refractivity contribution < 1.29 is 4.79 Å². The van der Waals surface area contributed by atoms with Crippen LogP contribution in [0.1, 0.15) is 40.5 Å².